The lowest BCUT2D eigenvalue weighted by Gasteiger charge is -2.12. The second-order valence-corrected chi connectivity index (χ2v) is 4.39. The van der Waals surface area contributed by atoms with E-state index < -0.39 is 11.7 Å². The summed E-state index contributed by atoms with van der Waals surface area (Å²) < 4.78 is 48.0. The minimum absolute atomic E-state index is 0.0432. The molecule has 0 saturated heterocycles. The lowest BCUT2D eigenvalue weighted by Crippen LogP contribution is -2.06. The van der Waals surface area contributed by atoms with Crippen LogP contribution in [0.4, 0.5) is 18.9 Å². The van der Waals surface area contributed by atoms with Crippen molar-refractivity contribution in [3.63, 3.8) is 0 Å². The van der Waals surface area contributed by atoms with E-state index in [1.54, 1.807) is 31.4 Å². The molecular weight excluding hydrogens is 283 g/mol. The first-order chi connectivity index (χ1) is 9.90. The van der Waals surface area contributed by atoms with Crippen LogP contribution >= 0.6 is 0 Å². The average Bonchev–Trinajstić information content (AvgIpc) is 2.45. The number of ether oxygens (including phenoxy) is 2. The minimum atomic E-state index is -4.41. The highest BCUT2D eigenvalue weighted by Gasteiger charge is 2.30. The molecule has 2 aromatic rings. The van der Waals surface area contributed by atoms with E-state index in [0.717, 1.165) is 17.7 Å². The molecule has 0 radical (unpaired) electrons. The van der Waals surface area contributed by atoms with E-state index in [4.69, 9.17) is 15.2 Å². The number of benzene rings is 2. The van der Waals surface area contributed by atoms with Crippen molar-refractivity contribution in [2.24, 2.45) is 0 Å². The zero-order valence-corrected chi connectivity index (χ0v) is 11.3. The van der Waals surface area contributed by atoms with Gasteiger partial charge in [0.1, 0.15) is 18.1 Å². The van der Waals surface area contributed by atoms with Crippen LogP contribution in [0.1, 0.15) is 11.1 Å². The van der Waals surface area contributed by atoms with Gasteiger partial charge in [0.2, 0.25) is 0 Å². The molecule has 0 aliphatic carbocycles. The third-order valence-corrected chi connectivity index (χ3v) is 2.89. The molecule has 0 aliphatic heterocycles. The Bertz CT molecular complexity index is 609. The maximum atomic E-state index is 12.5. The van der Waals surface area contributed by atoms with Crippen LogP contribution < -0.4 is 15.2 Å². The van der Waals surface area contributed by atoms with Crippen LogP contribution in [0.15, 0.2) is 42.5 Å². The Hall–Kier alpha value is -2.37. The number of nitrogens with two attached hydrogens (primary N) is 1. The van der Waals surface area contributed by atoms with E-state index in [2.05, 4.69) is 0 Å². The monoisotopic (exact) mass is 297 g/mol. The van der Waals surface area contributed by atoms with Gasteiger partial charge in [0.15, 0.2) is 0 Å². The van der Waals surface area contributed by atoms with Gasteiger partial charge in [0.05, 0.1) is 18.4 Å². The summed E-state index contributed by atoms with van der Waals surface area (Å²) >= 11 is 0. The molecular formula is C15H14F3NO2. The zero-order chi connectivity index (χ0) is 15.5. The third kappa shape index (κ3) is 3.81. The van der Waals surface area contributed by atoms with Crippen LogP contribution in [0.5, 0.6) is 11.5 Å². The van der Waals surface area contributed by atoms with Crippen LogP contribution in [-0.4, -0.2) is 7.11 Å². The van der Waals surface area contributed by atoms with Gasteiger partial charge in [-0.3, -0.25) is 0 Å². The van der Waals surface area contributed by atoms with Crippen molar-refractivity contribution in [1.82, 2.24) is 0 Å². The number of anilines is 1. The summed E-state index contributed by atoms with van der Waals surface area (Å²) in [5.41, 5.74) is 5.60. The van der Waals surface area contributed by atoms with Gasteiger partial charge >= 0.3 is 6.18 Å². The van der Waals surface area contributed by atoms with Crippen molar-refractivity contribution < 1.29 is 22.6 Å². The van der Waals surface area contributed by atoms with Crippen molar-refractivity contribution in [2.75, 3.05) is 12.8 Å². The van der Waals surface area contributed by atoms with Crippen LogP contribution in [0.25, 0.3) is 0 Å². The Kier molecular flexibility index (Phi) is 4.26. The second kappa shape index (κ2) is 5.95. The van der Waals surface area contributed by atoms with Gasteiger partial charge in [-0.2, -0.15) is 13.2 Å². The summed E-state index contributed by atoms with van der Waals surface area (Å²) in [6.45, 7) is 0.208. The average molecular weight is 297 g/mol. The predicted molar refractivity (Wildman–Crippen MR) is 73.2 cm³/mol. The maximum absolute atomic E-state index is 12.5. The molecule has 0 heterocycles. The first-order valence-electron chi connectivity index (χ1n) is 6.12. The van der Waals surface area contributed by atoms with E-state index in [-0.39, 0.29) is 18.0 Å². The highest BCUT2D eigenvalue weighted by atomic mass is 19.4. The molecule has 2 rings (SSSR count). The largest absolute Gasteiger partial charge is 0.497 e. The third-order valence-electron chi connectivity index (χ3n) is 2.89. The summed E-state index contributed by atoms with van der Waals surface area (Å²) in [5.74, 6) is 0.937. The number of hydrogen-bond donors (Lipinski definition) is 1. The topological polar surface area (TPSA) is 44.5 Å². The normalized spacial score (nSPS) is 11.2. The Balaban J connectivity index is 2.06. The molecule has 6 heteroatoms. The summed E-state index contributed by atoms with van der Waals surface area (Å²) in [5, 5.41) is 0. The molecule has 0 saturated carbocycles. The van der Waals surface area contributed by atoms with E-state index in [9.17, 15) is 13.2 Å². The molecule has 0 aliphatic rings. The summed E-state index contributed by atoms with van der Waals surface area (Å²) in [6.07, 6.45) is -4.41. The van der Waals surface area contributed by atoms with Crippen molar-refractivity contribution in [3.8, 4) is 11.5 Å². The Morgan fingerprint density at radius 3 is 2.24 bits per heavy atom. The van der Waals surface area contributed by atoms with Crippen LogP contribution in [-0.2, 0) is 12.8 Å². The van der Waals surface area contributed by atoms with Gasteiger partial charge in [-0.15, -0.1) is 0 Å². The van der Waals surface area contributed by atoms with E-state index in [1.165, 1.54) is 6.07 Å². The highest BCUT2D eigenvalue weighted by molar-refractivity contribution is 5.54. The minimum Gasteiger partial charge on any atom is -0.497 e. The lowest BCUT2D eigenvalue weighted by molar-refractivity contribution is -0.137. The molecule has 0 unspecified atom stereocenters. The molecule has 3 nitrogen and oxygen atoms in total. The molecule has 21 heavy (non-hydrogen) atoms. The number of hydrogen-bond acceptors (Lipinski definition) is 3. The van der Waals surface area contributed by atoms with Crippen molar-refractivity contribution >= 4 is 5.69 Å². The molecule has 0 bridgehead atoms. The molecule has 0 spiro atoms. The highest BCUT2D eigenvalue weighted by Crippen LogP contribution is 2.33. The summed E-state index contributed by atoms with van der Waals surface area (Å²) in [7, 11) is 1.56. The molecule has 2 N–H and O–H groups in total. The fraction of sp³-hybridized carbons (Fsp3) is 0.200. The van der Waals surface area contributed by atoms with E-state index in [0.29, 0.717) is 5.75 Å². The van der Waals surface area contributed by atoms with Crippen molar-refractivity contribution in [3.05, 3.63) is 53.6 Å². The van der Waals surface area contributed by atoms with Gasteiger partial charge < -0.3 is 15.2 Å². The Labute approximate surface area is 120 Å². The van der Waals surface area contributed by atoms with Gasteiger partial charge in [0.25, 0.3) is 0 Å². The van der Waals surface area contributed by atoms with Gasteiger partial charge in [-0.05, 0) is 35.9 Å². The fourth-order valence-electron chi connectivity index (χ4n) is 1.74. The maximum Gasteiger partial charge on any atom is 0.416 e. The Morgan fingerprint density at radius 2 is 1.71 bits per heavy atom. The summed E-state index contributed by atoms with van der Waals surface area (Å²) in [4.78, 5) is 0. The van der Waals surface area contributed by atoms with Crippen LogP contribution in [0.2, 0.25) is 0 Å². The quantitative estimate of drug-likeness (QED) is 0.871. The van der Waals surface area contributed by atoms with Gasteiger partial charge in [-0.1, -0.05) is 12.1 Å². The SMILES string of the molecule is COc1ccc(COc2ccc(C(F)(F)F)cc2N)cc1. The van der Waals surface area contributed by atoms with Crippen molar-refractivity contribution in [1.29, 1.82) is 0 Å². The Morgan fingerprint density at radius 1 is 1.05 bits per heavy atom. The molecule has 0 atom stereocenters. The van der Waals surface area contributed by atoms with E-state index >= 15 is 0 Å². The predicted octanol–water partition coefficient (Wildman–Crippen LogP) is 3.88. The number of nitrogen functional groups attached to an aromatic ring is 1. The smallest absolute Gasteiger partial charge is 0.416 e. The van der Waals surface area contributed by atoms with Gasteiger partial charge in [-0.25, -0.2) is 0 Å². The van der Waals surface area contributed by atoms with Crippen molar-refractivity contribution in [2.45, 2.75) is 12.8 Å². The first-order valence-corrected chi connectivity index (χ1v) is 6.12. The standard InChI is InChI=1S/C15H14F3NO2/c1-20-12-5-2-10(3-6-12)9-21-14-7-4-11(8-13(14)19)15(16,17)18/h2-8H,9,19H2,1H3. The molecule has 112 valence electrons. The van der Waals surface area contributed by atoms with Gasteiger partial charge in [0, 0.05) is 0 Å². The van der Waals surface area contributed by atoms with Crippen LogP contribution in [0.3, 0.4) is 0 Å². The number of rotatable bonds is 4. The molecule has 2 aromatic carbocycles. The van der Waals surface area contributed by atoms with Crippen LogP contribution in [0, 0.1) is 0 Å². The second-order valence-electron chi connectivity index (χ2n) is 4.39. The molecule has 0 aromatic heterocycles. The molecule has 0 amide bonds. The summed E-state index contributed by atoms with van der Waals surface area (Å²) in [6, 6.07) is 10.2. The lowest BCUT2D eigenvalue weighted by atomic mass is 10.2. The first kappa shape index (κ1) is 15.0. The fourth-order valence-corrected chi connectivity index (χ4v) is 1.74. The number of halogens is 3. The zero-order valence-electron chi connectivity index (χ0n) is 11.3. The molecule has 0 fully saturated rings. The number of alkyl halides is 3. The van der Waals surface area contributed by atoms with E-state index in [1.807, 2.05) is 0 Å². The number of methoxy groups -OCH3 is 1.